The van der Waals surface area contributed by atoms with Gasteiger partial charge in [0.05, 0.1) is 12.8 Å². The van der Waals surface area contributed by atoms with Crippen molar-refractivity contribution in [3.05, 3.63) is 53.6 Å². The fourth-order valence-electron chi connectivity index (χ4n) is 3.03. The standard InChI is InChI=1S/C18H20F2N2O3S/c1-13-3-6-17(25-2)18(11-13)26(23,24)22-9-7-21(8-10-22)16-5-4-14(19)12-15(16)20/h3-6,11-12H,7-10H2,1-2H3. The molecule has 1 aliphatic rings. The lowest BCUT2D eigenvalue weighted by atomic mass is 10.2. The summed E-state index contributed by atoms with van der Waals surface area (Å²) < 4.78 is 59.5. The second-order valence-electron chi connectivity index (χ2n) is 6.14. The van der Waals surface area contributed by atoms with Gasteiger partial charge in [-0.1, -0.05) is 6.07 Å². The van der Waals surface area contributed by atoms with E-state index in [1.807, 2.05) is 6.92 Å². The van der Waals surface area contributed by atoms with Gasteiger partial charge >= 0.3 is 0 Å². The lowest BCUT2D eigenvalue weighted by Gasteiger charge is -2.35. The van der Waals surface area contributed by atoms with E-state index in [1.165, 1.54) is 23.5 Å². The Labute approximate surface area is 151 Å². The minimum Gasteiger partial charge on any atom is -0.495 e. The molecule has 0 atom stereocenters. The summed E-state index contributed by atoms with van der Waals surface area (Å²) >= 11 is 0. The third kappa shape index (κ3) is 3.52. The summed E-state index contributed by atoms with van der Waals surface area (Å²) in [6.07, 6.45) is 0. The number of hydrogen-bond acceptors (Lipinski definition) is 4. The summed E-state index contributed by atoms with van der Waals surface area (Å²) in [6, 6.07) is 8.40. The van der Waals surface area contributed by atoms with Crippen molar-refractivity contribution in [3.8, 4) is 5.75 Å². The third-order valence-electron chi connectivity index (χ3n) is 4.43. The van der Waals surface area contributed by atoms with Crippen LogP contribution in [0.1, 0.15) is 5.56 Å². The number of sulfonamides is 1. The van der Waals surface area contributed by atoms with E-state index >= 15 is 0 Å². The largest absolute Gasteiger partial charge is 0.495 e. The molecule has 0 saturated carbocycles. The van der Waals surface area contributed by atoms with Gasteiger partial charge in [-0.05, 0) is 36.8 Å². The number of benzene rings is 2. The second-order valence-corrected chi connectivity index (χ2v) is 8.05. The topological polar surface area (TPSA) is 49.9 Å². The van der Waals surface area contributed by atoms with Crippen LogP contribution in [0.2, 0.25) is 0 Å². The van der Waals surface area contributed by atoms with Crippen LogP contribution in [-0.4, -0.2) is 46.0 Å². The van der Waals surface area contributed by atoms with Gasteiger partial charge in [0.2, 0.25) is 10.0 Å². The van der Waals surface area contributed by atoms with E-state index in [4.69, 9.17) is 4.74 Å². The molecule has 0 unspecified atom stereocenters. The van der Waals surface area contributed by atoms with E-state index in [-0.39, 0.29) is 23.7 Å². The molecule has 0 amide bonds. The van der Waals surface area contributed by atoms with Crippen molar-refractivity contribution in [2.45, 2.75) is 11.8 Å². The molecule has 0 bridgehead atoms. The van der Waals surface area contributed by atoms with Crippen LogP contribution in [0.4, 0.5) is 14.5 Å². The quantitative estimate of drug-likeness (QED) is 0.816. The lowest BCUT2D eigenvalue weighted by molar-refractivity contribution is 0.373. The highest BCUT2D eigenvalue weighted by molar-refractivity contribution is 7.89. The zero-order valence-corrected chi connectivity index (χ0v) is 15.4. The first-order valence-corrected chi connectivity index (χ1v) is 9.62. The maximum atomic E-state index is 13.9. The Bertz CT molecular complexity index is 911. The fourth-order valence-corrected chi connectivity index (χ4v) is 4.69. The average Bonchev–Trinajstić information content (AvgIpc) is 2.62. The molecule has 0 aliphatic carbocycles. The Morgan fingerprint density at radius 3 is 2.31 bits per heavy atom. The first-order valence-electron chi connectivity index (χ1n) is 8.17. The molecule has 1 saturated heterocycles. The Balaban J connectivity index is 1.80. The molecule has 2 aromatic carbocycles. The van der Waals surface area contributed by atoms with Crippen molar-refractivity contribution in [1.82, 2.24) is 4.31 Å². The predicted octanol–water partition coefficient (Wildman–Crippen LogP) is 2.79. The maximum absolute atomic E-state index is 13.9. The van der Waals surface area contributed by atoms with Gasteiger partial charge < -0.3 is 9.64 Å². The van der Waals surface area contributed by atoms with E-state index in [0.29, 0.717) is 18.8 Å². The smallest absolute Gasteiger partial charge is 0.246 e. The van der Waals surface area contributed by atoms with Crippen molar-refractivity contribution in [3.63, 3.8) is 0 Å². The summed E-state index contributed by atoms with van der Waals surface area (Å²) in [5.41, 5.74) is 1.09. The number of anilines is 1. The number of methoxy groups -OCH3 is 1. The van der Waals surface area contributed by atoms with Crippen LogP contribution in [0.3, 0.4) is 0 Å². The number of rotatable bonds is 4. The number of halogens is 2. The molecule has 0 N–H and O–H groups in total. The first kappa shape index (κ1) is 18.6. The third-order valence-corrected chi connectivity index (χ3v) is 6.35. The Kier molecular flexibility index (Phi) is 5.15. The van der Waals surface area contributed by atoms with Crippen molar-refractivity contribution >= 4 is 15.7 Å². The van der Waals surface area contributed by atoms with Gasteiger partial charge in [0.15, 0.2) is 0 Å². The molecular formula is C18H20F2N2O3S. The van der Waals surface area contributed by atoms with Gasteiger partial charge in [0.1, 0.15) is 22.3 Å². The van der Waals surface area contributed by atoms with Crippen LogP contribution in [0.15, 0.2) is 41.3 Å². The van der Waals surface area contributed by atoms with Crippen LogP contribution < -0.4 is 9.64 Å². The van der Waals surface area contributed by atoms with E-state index < -0.39 is 21.7 Å². The molecular weight excluding hydrogens is 362 g/mol. The van der Waals surface area contributed by atoms with Gasteiger partial charge in [0, 0.05) is 32.2 Å². The summed E-state index contributed by atoms with van der Waals surface area (Å²) in [5, 5.41) is 0. The van der Waals surface area contributed by atoms with Crippen LogP contribution in [0.25, 0.3) is 0 Å². The molecule has 5 nitrogen and oxygen atoms in total. The van der Waals surface area contributed by atoms with Gasteiger partial charge in [-0.3, -0.25) is 0 Å². The number of aryl methyl sites for hydroxylation is 1. The van der Waals surface area contributed by atoms with Gasteiger partial charge in [-0.25, -0.2) is 17.2 Å². The van der Waals surface area contributed by atoms with E-state index in [1.54, 1.807) is 23.1 Å². The Morgan fingerprint density at radius 1 is 1.00 bits per heavy atom. The average molecular weight is 382 g/mol. The number of hydrogen-bond donors (Lipinski definition) is 0. The summed E-state index contributed by atoms with van der Waals surface area (Å²) in [5.74, 6) is -0.997. The van der Waals surface area contributed by atoms with E-state index in [2.05, 4.69) is 0 Å². The SMILES string of the molecule is COc1ccc(C)cc1S(=O)(=O)N1CCN(c2ccc(F)cc2F)CC1. The van der Waals surface area contributed by atoms with Gasteiger partial charge in [-0.2, -0.15) is 4.31 Å². The monoisotopic (exact) mass is 382 g/mol. The van der Waals surface area contributed by atoms with Crippen molar-refractivity contribution in [2.24, 2.45) is 0 Å². The zero-order chi connectivity index (χ0) is 18.9. The van der Waals surface area contributed by atoms with Crippen LogP contribution in [-0.2, 0) is 10.0 Å². The molecule has 8 heteroatoms. The number of ether oxygens (including phenoxy) is 1. The molecule has 1 fully saturated rings. The first-order chi connectivity index (χ1) is 12.3. The minimum atomic E-state index is -3.72. The number of piperazine rings is 1. The Hall–Kier alpha value is -2.19. The van der Waals surface area contributed by atoms with Crippen LogP contribution in [0, 0.1) is 18.6 Å². The molecule has 0 aromatic heterocycles. The molecule has 0 radical (unpaired) electrons. The number of nitrogens with zero attached hydrogens (tertiary/aromatic N) is 2. The van der Waals surface area contributed by atoms with Crippen molar-refractivity contribution in [2.75, 3.05) is 38.2 Å². The summed E-state index contributed by atoms with van der Waals surface area (Å²) in [6.45, 7) is 2.85. The Morgan fingerprint density at radius 2 is 1.69 bits per heavy atom. The zero-order valence-electron chi connectivity index (χ0n) is 14.6. The van der Waals surface area contributed by atoms with Crippen LogP contribution in [0.5, 0.6) is 5.75 Å². The highest BCUT2D eigenvalue weighted by Gasteiger charge is 2.31. The molecule has 1 heterocycles. The predicted molar refractivity (Wildman–Crippen MR) is 95.1 cm³/mol. The second kappa shape index (κ2) is 7.20. The molecule has 140 valence electrons. The highest BCUT2D eigenvalue weighted by atomic mass is 32.2. The normalized spacial score (nSPS) is 15.9. The van der Waals surface area contributed by atoms with Crippen LogP contribution >= 0.6 is 0 Å². The summed E-state index contributed by atoms with van der Waals surface area (Å²) in [4.78, 5) is 1.84. The van der Waals surface area contributed by atoms with Crippen molar-refractivity contribution < 1.29 is 21.9 Å². The molecule has 3 rings (SSSR count). The highest BCUT2D eigenvalue weighted by Crippen LogP contribution is 2.29. The van der Waals surface area contributed by atoms with Gasteiger partial charge in [-0.15, -0.1) is 0 Å². The lowest BCUT2D eigenvalue weighted by Crippen LogP contribution is -2.49. The van der Waals surface area contributed by atoms with Gasteiger partial charge in [0.25, 0.3) is 0 Å². The maximum Gasteiger partial charge on any atom is 0.246 e. The van der Waals surface area contributed by atoms with E-state index in [0.717, 1.165) is 11.6 Å². The van der Waals surface area contributed by atoms with Crippen molar-refractivity contribution in [1.29, 1.82) is 0 Å². The molecule has 2 aromatic rings. The minimum absolute atomic E-state index is 0.126. The fraction of sp³-hybridized carbons (Fsp3) is 0.333. The molecule has 0 spiro atoms. The van der Waals surface area contributed by atoms with E-state index in [9.17, 15) is 17.2 Å². The molecule has 26 heavy (non-hydrogen) atoms. The summed E-state index contributed by atoms with van der Waals surface area (Å²) in [7, 11) is -2.29. The molecule has 1 aliphatic heterocycles.